The molecule has 0 radical (unpaired) electrons. The van der Waals surface area contributed by atoms with Gasteiger partial charge in [-0.1, -0.05) is 53.2 Å². The van der Waals surface area contributed by atoms with Crippen molar-refractivity contribution in [3.05, 3.63) is 70.5 Å². The summed E-state index contributed by atoms with van der Waals surface area (Å²) in [5.74, 6) is -0.146. The van der Waals surface area contributed by atoms with Crippen molar-refractivity contribution in [2.24, 2.45) is 0 Å². The Bertz CT molecular complexity index is 1030. The minimum Gasteiger partial charge on any atom is -0.360 e. The molecule has 0 saturated heterocycles. The second kappa shape index (κ2) is 8.31. The highest BCUT2D eigenvalue weighted by atomic mass is 16.5. The number of rotatable bonds is 5. The fourth-order valence-corrected chi connectivity index (χ4v) is 3.45. The Morgan fingerprint density at radius 1 is 1.03 bits per heavy atom. The van der Waals surface area contributed by atoms with E-state index in [1.54, 1.807) is 14.0 Å². The molecule has 0 spiro atoms. The van der Waals surface area contributed by atoms with Crippen molar-refractivity contribution < 1.29 is 14.1 Å². The third-order valence-electron chi connectivity index (χ3n) is 4.79. The Morgan fingerprint density at radius 3 is 2.28 bits per heavy atom. The lowest BCUT2D eigenvalue weighted by molar-refractivity contribution is -0.116. The van der Waals surface area contributed by atoms with Crippen molar-refractivity contribution in [3.63, 3.8) is 0 Å². The van der Waals surface area contributed by atoms with E-state index in [0.717, 1.165) is 27.9 Å². The number of likely N-dealkylation sites (N-methyl/N-ethyl adjacent to an activating group) is 1. The summed E-state index contributed by atoms with van der Waals surface area (Å²) in [4.78, 5) is 27.0. The molecule has 0 saturated carbocycles. The molecular weight excluding hydrogens is 366 g/mol. The van der Waals surface area contributed by atoms with Crippen LogP contribution in [0.1, 0.15) is 32.8 Å². The molecule has 6 nitrogen and oxygen atoms in total. The normalized spacial score (nSPS) is 10.7. The monoisotopic (exact) mass is 391 g/mol. The first-order valence-corrected chi connectivity index (χ1v) is 9.42. The highest BCUT2D eigenvalue weighted by Gasteiger charge is 2.25. The van der Waals surface area contributed by atoms with Gasteiger partial charge in [0.15, 0.2) is 0 Å². The largest absolute Gasteiger partial charge is 0.360 e. The molecule has 29 heavy (non-hydrogen) atoms. The van der Waals surface area contributed by atoms with Crippen LogP contribution < -0.4 is 5.32 Å². The number of aromatic nitrogens is 1. The third kappa shape index (κ3) is 4.37. The Kier molecular flexibility index (Phi) is 5.82. The van der Waals surface area contributed by atoms with Gasteiger partial charge in [-0.3, -0.25) is 9.59 Å². The minimum atomic E-state index is -0.310. The van der Waals surface area contributed by atoms with Crippen molar-refractivity contribution in [2.45, 2.75) is 27.7 Å². The predicted octanol–water partition coefficient (Wildman–Crippen LogP) is 4.29. The maximum atomic E-state index is 13.0. The van der Waals surface area contributed by atoms with Gasteiger partial charge in [0, 0.05) is 18.3 Å². The van der Waals surface area contributed by atoms with E-state index < -0.39 is 0 Å². The molecule has 1 N–H and O–H groups in total. The first-order chi connectivity index (χ1) is 13.8. The highest BCUT2D eigenvalue weighted by molar-refractivity contribution is 6.03. The van der Waals surface area contributed by atoms with Gasteiger partial charge in [-0.05, 0) is 38.8 Å². The molecule has 3 aromatic rings. The number of aryl methyl sites for hydroxylation is 4. The molecule has 0 aliphatic carbocycles. The summed E-state index contributed by atoms with van der Waals surface area (Å²) in [6.07, 6.45) is 0. The summed E-state index contributed by atoms with van der Waals surface area (Å²) in [5.41, 5.74) is 5.54. The lowest BCUT2D eigenvalue weighted by atomic mass is 10.0. The molecule has 6 heteroatoms. The first kappa shape index (κ1) is 20.3. The van der Waals surface area contributed by atoms with Gasteiger partial charge in [0.2, 0.25) is 5.91 Å². The van der Waals surface area contributed by atoms with E-state index in [9.17, 15) is 9.59 Å². The topological polar surface area (TPSA) is 75.4 Å². The van der Waals surface area contributed by atoms with Crippen LogP contribution in [0.3, 0.4) is 0 Å². The maximum absolute atomic E-state index is 13.0. The van der Waals surface area contributed by atoms with Crippen LogP contribution in [0, 0.1) is 27.7 Å². The summed E-state index contributed by atoms with van der Waals surface area (Å²) in [6, 6.07) is 13.4. The summed E-state index contributed by atoms with van der Waals surface area (Å²) >= 11 is 0. The van der Waals surface area contributed by atoms with Gasteiger partial charge in [0.05, 0.1) is 6.54 Å². The molecule has 1 heterocycles. The van der Waals surface area contributed by atoms with Gasteiger partial charge >= 0.3 is 0 Å². The van der Waals surface area contributed by atoms with Gasteiger partial charge in [0.1, 0.15) is 17.0 Å². The Balaban J connectivity index is 1.77. The van der Waals surface area contributed by atoms with Crippen molar-refractivity contribution in [3.8, 4) is 11.3 Å². The van der Waals surface area contributed by atoms with E-state index in [0.29, 0.717) is 17.0 Å². The standard InChI is InChI=1S/C23H25N3O3/c1-14-11-15(2)21(16(3)12-14)24-19(27)13-26(5)23(28)20-17(4)29-25-22(20)18-9-7-6-8-10-18/h6-12H,13H2,1-5H3,(H,24,27). The minimum absolute atomic E-state index is 0.0789. The fraction of sp³-hybridized carbons (Fsp3) is 0.261. The van der Waals surface area contributed by atoms with Gasteiger partial charge in [0.25, 0.3) is 5.91 Å². The predicted molar refractivity (Wildman–Crippen MR) is 113 cm³/mol. The van der Waals surface area contributed by atoms with Crippen LogP contribution >= 0.6 is 0 Å². The number of nitrogens with zero attached hydrogens (tertiary/aromatic N) is 2. The average molecular weight is 391 g/mol. The Labute approximate surface area is 170 Å². The molecule has 0 fully saturated rings. The lowest BCUT2D eigenvalue weighted by Crippen LogP contribution is -2.35. The van der Waals surface area contributed by atoms with Crippen molar-refractivity contribution in [2.75, 3.05) is 18.9 Å². The second-order valence-corrected chi connectivity index (χ2v) is 7.31. The number of anilines is 1. The van der Waals surface area contributed by atoms with Crippen molar-refractivity contribution >= 4 is 17.5 Å². The number of hydrogen-bond donors (Lipinski definition) is 1. The van der Waals surface area contributed by atoms with Crippen LogP contribution in [0.5, 0.6) is 0 Å². The lowest BCUT2D eigenvalue weighted by Gasteiger charge is -2.18. The molecule has 0 aliphatic rings. The van der Waals surface area contributed by atoms with E-state index in [1.165, 1.54) is 4.90 Å². The van der Waals surface area contributed by atoms with Crippen molar-refractivity contribution in [1.29, 1.82) is 0 Å². The third-order valence-corrected chi connectivity index (χ3v) is 4.79. The summed E-state index contributed by atoms with van der Waals surface area (Å²) in [5, 5.41) is 6.97. The quantitative estimate of drug-likeness (QED) is 0.704. The number of benzene rings is 2. The molecule has 150 valence electrons. The van der Waals surface area contributed by atoms with E-state index in [1.807, 2.05) is 63.2 Å². The highest BCUT2D eigenvalue weighted by Crippen LogP contribution is 2.26. The number of carbonyl (C=O) groups is 2. The molecule has 2 amide bonds. The van der Waals surface area contributed by atoms with Gasteiger partial charge in [-0.15, -0.1) is 0 Å². The molecule has 0 unspecified atom stereocenters. The van der Waals surface area contributed by atoms with Crippen LogP contribution in [0.15, 0.2) is 47.0 Å². The van der Waals surface area contributed by atoms with E-state index in [4.69, 9.17) is 4.52 Å². The van der Waals surface area contributed by atoms with Crippen LogP contribution in [0.4, 0.5) is 5.69 Å². The molecule has 1 aromatic heterocycles. The number of carbonyl (C=O) groups excluding carboxylic acids is 2. The maximum Gasteiger partial charge on any atom is 0.259 e. The molecule has 0 atom stereocenters. The fourth-order valence-electron chi connectivity index (χ4n) is 3.45. The van der Waals surface area contributed by atoms with Gasteiger partial charge in [-0.2, -0.15) is 0 Å². The molecule has 2 aromatic carbocycles. The zero-order valence-corrected chi connectivity index (χ0v) is 17.4. The van der Waals surface area contributed by atoms with Crippen molar-refractivity contribution in [1.82, 2.24) is 10.1 Å². The van der Waals surface area contributed by atoms with E-state index in [-0.39, 0.29) is 18.4 Å². The molecule has 3 rings (SSSR count). The van der Waals surface area contributed by atoms with Gasteiger partial charge in [-0.25, -0.2) is 0 Å². The summed E-state index contributed by atoms with van der Waals surface area (Å²) < 4.78 is 5.27. The van der Waals surface area contributed by atoms with Crippen LogP contribution in [0.25, 0.3) is 11.3 Å². The Morgan fingerprint density at radius 2 is 1.66 bits per heavy atom. The number of hydrogen-bond acceptors (Lipinski definition) is 4. The van der Waals surface area contributed by atoms with E-state index in [2.05, 4.69) is 10.5 Å². The molecular formula is C23H25N3O3. The van der Waals surface area contributed by atoms with Crippen LogP contribution in [-0.4, -0.2) is 35.5 Å². The average Bonchev–Trinajstić information content (AvgIpc) is 3.06. The van der Waals surface area contributed by atoms with Crippen LogP contribution in [-0.2, 0) is 4.79 Å². The zero-order valence-electron chi connectivity index (χ0n) is 17.4. The number of amides is 2. The second-order valence-electron chi connectivity index (χ2n) is 7.31. The number of nitrogens with one attached hydrogen (secondary N) is 1. The molecule has 0 aliphatic heterocycles. The smallest absolute Gasteiger partial charge is 0.259 e. The SMILES string of the molecule is Cc1cc(C)c(NC(=O)CN(C)C(=O)c2c(-c3ccccc3)noc2C)c(C)c1. The first-order valence-electron chi connectivity index (χ1n) is 9.42. The Hall–Kier alpha value is -3.41. The molecule has 0 bridgehead atoms. The summed E-state index contributed by atoms with van der Waals surface area (Å²) in [7, 11) is 1.60. The summed E-state index contributed by atoms with van der Waals surface area (Å²) in [6.45, 7) is 7.54. The zero-order chi connectivity index (χ0) is 21.1. The van der Waals surface area contributed by atoms with Gasteiger partial charge < -0.3 is 14.7 Å². The van der Waals surface area contributed by atoms with E-state index >= 15 is 0 Å². The van der Waals surface area contributed by atoms with Crippen LogP contribution in [0.2, 0.25) is 0 Å².